The van der Waals surface area contributed by atoms with E-state index in [1.807, 2.05) is 29.2 Å². The lowest BCUT2D eigenvalue weighted by atomic mass is 9.98. The van der Waals surface area contributed by atoms with E-state index in [2.05, 4.69) is 4.98 Å². The Morgan fingerprint density at radius 1 is 1.17 bits per heavy atom. The zero-order valence-corrected chi connectivity index (χ0v) is 17.9. The van der Waals surface area contributed by atoms with Crippen LogP contribution in [-0.4, -0.2) is 52.8 Å². The first-order valence-electron chi connectivity index (χ1n) is 10.8. The molecular weight excluding hydrogens is 402 g/mol. The zero-order valence-electron chi connectivity index (χ0n) is 17.2. The number of oxazole rings is 1. The summed E-state index contributed by atoms with van der Waals surface area (Å²) in [5.41, 5.74) is 1.00. The molecule has 4 rings (SSSR count). The third-order valence-corrected chi connectivity index (χ3v) is 6.38. The van der Waals surface area contributed by atoms with Crippen molar-refractivity contribution in [3.63, 3.8) is 0 Å². The average molecular weight is 430 g/mol. The standard InChI is InChI=1S/C23H28ClN3O3/c24-20-9-4-3-7-17(20)13-19-14-25-23(30-19)18-8-6-12-26(15-18)22(29)16-27-11-5-1-2-10-21(27)28/h3-4,7,9,14,18H,1-2,5-6,8,10-13,15-16H2/t18-/m1/s1. The van der Waals surface area contributed by atoms with Gasteiger partial charge in [-0.05, 0) is 37.3 Å². The summed E-state index contributed by atoms with van der Waals surface area (Å²) in [5.74, 6) is 1.67. The minimum atomic E-state index is 0.0257. The van der Waals surface area contributed by atoms with Gasteiger partial charge in [0.2, 0.25) is 11.8 Å². The summed E-state index contributed by atoms with van der Waals surface area (Å²) in [6.45, 7) is 2.19. The molecule has 0 radical (unpaired) electrons. The number of piperidine rings is 1. The third-order valence-electron chi connectivity index (χ3n) is 6.01. The summed E-state index contributed by atoms with van der Waals surface area (Å²) < 4.78 is 6.02. The largest absolute Gasteiger partial charge is 0.445 e. The maximum Gasteiger partial charge on any atom is 0.242 e. The number of halogens is 1. The lowest BCUT2D eigenvalue weighted by Crippen LogP contribution is -2.46. The topological polar surface area (TPSA) is 66.7 Å². The number of nitrogens with zero attached hydrogens (tertiary/aromatic N) is 3. The van der Waals surface area contributed by atoms with Crippen LogP contribution in [0.2, 0.25) is 5.02 Å². The number of hydrogen-bond donors (Lipinski definition) is 0. The normalized spacial score (nSPS) is 20.3. The van der Waals surface area contributed by atoms with Crippen LogP contribution in [0.3, 0.4) is 0 Å². The van der Waals surface area contributed by atoms with Gasteiger partial charge in [-0.25, -0.2) is 4.98 Å². The van der Waals surface area contributed by atoms with Crippen molar-refractivity contribution in [2.75, 3.05) is 26.2 Å². The molecular formula is C23H28ClN3O3. The molecule has 2 amide bonds. The molecule has 0 saturated carbocycles. The predicted molar refractivity (Wildman–Crippen MR) is 114 cm³/mol. The number of likely N-dealkylation sites (tertiary alicyclic amines) is 2. The number of benzene rings is 1. The van der Waals surface area contributed by atoms with Crippen molar-refractivity contribution in [1.29, 1.82) is 0 Å². The number of rotatable bonds is 5. The van der Waals surface area contributed by atoms with Crippen LogP contribution in [0, 0.1) is 0 Å². The fourth-order valence-corrected chi connectivity index (χ4v) is 4.50. The van der Waals surface area contributed by atoms with Crippen LogP contribution in [0.5, 0.6) is 0 Å². The predicted octanol–water partition coefficient (Wildman–Crippen LogP) is 4.03. The molecule has 2 saturated heterocycles. The van der Waals surface area contributed by atoms with Crippen LogP contribution >= 0.6 is 11.6 Å². The second-order valence-corrected chi connectivity index (χ2v) is 8.65. The highest BCUT2D eigenvalue weighted by atomic mass is 35.5. The summed E-state index contributed by atoms with van der Waals surface area (Å²) in [4.78, 5) is 33.1. The van der Waals surface area contributed by atoms with Gasteiger partial charge in [0.25, 0.3) is 0 Å². The molecule has 3 heterocycles. The van der Waals surface area contributed by atoms with Crippen molar-refractivity contribution >= 4 is 23.4 Å². The lowest BCUT2D eigenvalue weighted by molar-refractivity contribution is -0.141. The minimum Gasteiger partial charge on any atom is -0.445 e. The van der Waals surface area contributed by atoms with Crippen molar-refractivity contribution in [3.05, 3.63) is 52.7 Å². The van der Waals surface area contributed by atoms with Crippen LogP contribution in [0.15, 0.2) is 34.9 Å². The van der Waals surface area contributed by atoms with Crippen molar-refractivity contribution in [2.45, 2.75) is 50.9 Å². The van der Waals surface area contributed by atoms with Gasteiger partial charge in [-0.2, -0.15) is 0 Å². The number of amides is 2. The Kier molecular flexibility index (Phi) is 6.72. The molecule has 0 aliphatic carbocycles. The van der Waals surface area contributed by atoms with E-state index in [0.29, 0.717) is 36.8 Å². The van der Waals surface area contributed by atoms with Crippen molar-refractivity contribution in [2.24, 2.45) is 0 Å². The van der Waals surface area contributed by atoms with Crippen LogP contribution in [-0.2, 0) is 16.0 Å². The van der Waals surface area contributed by atoms with E-state index in [-0.39, 0.29) is 24.3 Å². The number of aromatic nitrogens is 1. The Bertz CT molecular complexity index is 897. The van der Waals surface area contributed by atoms with Crippen molar-refractivity contribution < 1.29 is 14.0 Å². The van der Waals surface area contributed by atoms with Crippen LogP contribution in [0.1, 0.15) is 61.7 Å². The first kappa shape index (κ1) is 20.9. The zero-order chi connectivity index (χ0) is 20.9. The maximum absolute atomic E-state index is 12.9. The highest BCUT2D eigenvalue weighted by molar-refractivity contribution is 6.31. The molecule has 160 valence electrons. The van der Waals surface area contributed by atoms with Crippen LogP contribution < -0.4 is 0 Å². The molecule has 0 unspecified atom stereocenters. The summed E-state index contributed by atoms with van der Waals surface area (Å²) in [6, 6.07) is 7.71. The molecule has 2 aliphatic rings. The third kappa shape index (κ3) is 5.04. The van der Waals surface area contributed by atoms with Gasteiger partial charge in [0, 0.05) is 37.5 Å². The number of carbonyl (C=O) groups is 2. The summed E-state index contributed by atoms with van der Waals surface area (Å²) in [6.07, 6.45) is 7.73. The second kappa shape index (κ2) is 9.65. The van der Waals surface area contributed by atoms with Gasteiger partial charge >= 0.3 is 0 Å². The van der Waals surface area contributed by atoms with Gasteiger partial charge in [0.15, 0.2) is 5.89 Å². The van der Waals surface area contributed by atoms with Gasteiger partial charge in [-0.1, -0.05) is 36.2 Å². The SMILES string of the molecule is O=C1CCCCCN1CC(=O)N1CCC[C@@H](c2ncc(Cc3ccccc3Cl)o2)C1. The Balaban J connectivity index is 1.37. The minimum absolute atomic E-state index is 0.0257. The summed E-state index contributed by atoms with van der Waals surface area (Å²) in [7, 11) is 0. The van der Waals surface area contributed by atoms with E-state index in [0.717, 1.165) is 50.0 Å². The van der Waals surface area contributed by atoms with E-state index in [9.17, 15) is 9.59 Å². The monoisotopic (exact) mass is 429 g/mol. The molecule has 2 aliphatic heterocycles. The fourth-order valence-electron chi connectivity index (χ4n) is 4.30. The smallest absolute Gasteiger partial charge is 0.242 e. The van der Waals surface area contributed by atoms with Gasteiger partial charge in [-0.15, -0.1) is 0 Å². The molecule has 7 heteroatoms. The first-order chi connectivity index (χ1) is 14.6. The molecule has 1 aromatic heterocycles. The average Bonchev–Trinajstić information content (AvgIpc) is 3.13. The van der Waals surface area contributed by atoms with Gasteiger partial charge in [0.05, 0.1) is 18.7 Å². The van der Waals surface area contributed by atoms with Crippen molar-refractivity contribution in [1.82, 2.24) is 14.8 Å². The molecule has 2 aromatic rings. The molecule has 6 nitrogen and oxygen atoms in total. The summed E-state index contributed by atoms with van der Waals surface area (Å²) in [5, 5.41) is 0.716. The Morgan fingerprint density at radius 3 is 2.90 bits per heavy atom. The highest BCUT2D eigenvalue weighted by Gasteiger charge is 2.29. The maximum atomic E-state index is 12.9. The van der Waals surface area contributed by atoms with Crippen molar-refractivity contribution in [3.8, 4) is 0 Å². The molecule has 1 aromatic carbocycles. The molecule has 30 heavy (non-hydrogen) atoms. The van der Waals surface area contributed by atoms with Crippen LogP contribution in [0.4, 0.5) is 0 Å². The van der Waals surface area contributed by atoms with E-state index in [1.165, 1.54) is 0 Å². The van der Waals surface area contributed by atoms with E-state index in [1.54, 1.807) is 11.1 Å². The fraction of sp³-hybridized carbons (Fsp3) is 0.522. The quantitative estimate of drug-likeness (QED) is 0.719. The number of carbonyl (C=O) groups excluding carboxylic acids is 2. The van der Waals surface area contributed by atoms with E-state index >= 15 is 0 Å². The molecule has 0 spiro atoms. The second-order valence-electron chi connectivity index (χ2n) is 8.24. The molecule has 0 bridgehead atoms. The van der Waals surface area contributed by atoms with Gasteiger partial charge in [0.1, 0.15) is 5.76 Å². The summed E-state index contributed by atoms with van der Waals surface area (Å²) >= 11 is 6.25. The van der Waals surface area contributed by atoms with Crippen LogP contribution in [0.25, 0.3) is 0 Å². The molecule has 0 N–H and O–H groups in total. The Hall–Kier alpha value is -2.34. The Morgan fingerprint density at radius 2 is 2.03 bits per heavy atom. The first-order valence-corrected chi connectivity index (χ1v) is 11.2. The molecule has 2 fully saturated rings. The lowest BCUT2D eigenvalue weighted by Gasteiger charge is -2.33. The van der Waals surface area contributed by atoms with E-state index < -0.39 is 0 Å². The van der Waals surface area contributed by atoms with E-state index in [4.69, 9.17) is 16.0 Å². The van der Waals surface area contributed by atoms with Gasteiger partial charge in [-0.3, -0.25) is 9.59 Å². The number of hydrogen-bond acceptors (Lipinski definition) is 4. The Labute approximate surface area is 182 Å². The molecule has 1 atom stereocenters. The van der Waals surface area contributed by atoms with Gasteiger partial charge < -0.3 is 14.2 Å². The highest BCUT2D eigenvalue weighted by Crippen LogP contribution is 2.28.